The summed E-state index contributed by atoms with van der Waals surface area (Å²) in [6, 6.07) is 19.2. The Kier molecular flexibility index (Phi) is 12.6. The molecule has 2 amide bonds. The van der Waals surface area contributed by atoms with E-state index in [0.29, 0.717) is 0 Å². The normalized spacial score (nSPS) is 11.2. The van der Waals surface area contributed by atoms with Crippen molar-refractivity contribution >= 4 is 35.6 Å². The first kappa shape index (κ1) is 39.5. The van der Waals surface area contributed by atoms with Crippen LogP contribution in [-0.2, 0) is 35.4 Å². The van der Waals surface area contributed by atoms with Gasteiger partial charge in [-0.15, -0.1) is 0 Å². The monoisotopic (exact) mass is 738 g/mol. The lowest BCUT2D eigenvalue weighted by Crippen LogP contribution is -2.50. The first-order valence-electron chi connectivity index (χ1n) is 16.0. The van der Waals surface area contributed by atoms with Crippen LogP contribution in [0.4, 0.5) is 28.0 Å². The molecule has 0 spiro atoms. The molecule has 1 N–H and O–H groups in total. The summed E-state index contributed by atoms with van der Waals surface area (Å²) in [4.78, 5) is 67.3. The molecule has 0 saturated carbocycles. The number of ether oxygens (including phenoxy) is 4. The molecule has 0 aliphatic heterocycles. The second-order valence-corrected chi connectivity index (χ2v) is 11.5. The van der Waals surface area contributed by atoms with Gasteiger partial charge < -0.3 is 29.2 Å². The van der Waals surface area contributed by atoms with Crippen molar-refractivity contribution in [1.82, 2.24) is 4.90 Å². The fourth-order valence-corrected chi connectivity index (χ4v) is 5.15. The number of nitrogens with zero attached hydrogens (tertiary/aromatic N) is 1. The van der Waals surface area contributed by atoms with Crippen molar-refractivity contribution in [2.45, 2.75) is 25.4 Å². The Balaban J connectivity index is 1.64. The molecule has 0 aromatic heterocycles. The molecule has 11 nitrogen and oxygen atoms in total. The Hall–Kier alpha value is -6.25. The van der Waals surface area contributed by atoms with E-state index in [1.54, 1.807) is 12.1 Å². The smallest absolute Gasteiger partial charge is 0.465 e. The maximum atomic E-state index is 15.5. The van der Waals surface area contributed by atoms with E-state index < -0.39 is 65.2 Å². The molecule has 53 heavy (non-hydrogen) atoms. The van der Waals surface area contributed by atoms with Crippen LogP contribution >= 0.6 is 0 Å². The van der Waals surface area contributed by atoms with Gasteiger partial charge in [0.25, 0.3) is 11.8 Å². The summed E-state index contributed by atoms with van der Waals surface area (Å²) in [7, 11) is 2.75. The SMILES string of the molecule is CCOC(=O)C(COC(=O)Oc1cc(C(=O)N(C)C)c(NC(=O)c2ccccc2-c2ccc(C(F)(F)F)cc2)cc1F)(C(=O)OCC)c1ccccc1. The van der Waals surface area contributed by atoms with Crippen molar-refractivity contribution in [3.63, 3.8) is 0 Å². The summed E-state index contributed by atoms with van der Waals surface area (Å²) in [5.74, 6) is -5.78. The molecule has 15 heteroatoms. The average Bonchev–Trinajstić information content (AvgIpc) is 3.13. The molecular formula is C38H34F4N2O9. The van der Waals surface area contributed by atoms with Crippen LogP contribution in [0.3, 0.4) is 0 Å². The van der Waals surface area contributed by atoms with Crippen LogP contribution in [0.25, 0.3) is 11.1 Å². The summed E-state index contributed by atoms with van der Waals surface area (Å²) in [5, 5.41) is 2.46. The molecular weight excluding hydrogens is 704 g/mol. The molecule has 0 fully saturated rings. The summed E-state index contributed by atoms with van der Waals surface area (Å²) in [5.41, 5.74) is -3.21. The van der Waals surface area contributed by atoms with Gasteiger partial charge in [-0.1, -0.05) is 60.7 Å². The number of carbonyl (C=O) groups is 5. The third kappa shape index (κ3) is 8.98. The molecule has 0 heterocycles. The van der Waals surface area contributed by atoms with Gasteiger partial charge in [0.05, 0.1) is 30.0 Å². The highest BCUT2D eigenvalue weighted by molar-refractivity contribution is 6.12. The second-order valence-electron chi connectivity index (χ2n) is 11.5. The van der Waals surface area contributed by atoms with Gasteiger partial charge in [0.2, 0.25) is 5.41 Å². The van der Waals surface area contributed by atoms with Gasteiger partial charge in [0.15, 0.2) is 11.6 Å². The minimum absolute atomic E-state index is 0.00933. The molecule has 4 aromatic carbocycles. The van der Waals surface area contributed by atoms with E-state index in [2.05, 4.69) is 5.32 Å². The molecule has 0 bridgehead atoms. The standard InChI is InChI=1S/C38H34F4N2O9/c1-5-50-34(47)37(35(48)51-6-2,24-12-8-7-9-13-24)22-52-36(49)53-31-20-28(33(46)44(3)4)30(21-29(31)39)43-32(45)27-15-11-10-14-26(27)23-16-18-25(19-17-23)38(40,41)42/h7-21H,5-6,22H2,1-4H3,(H,43,45). The molecule has 0 unspecified atom stereocenters. The van der Waals surface area contributed by atoms with Crippen molar-refractivity contribution in [3.8, 4) is 16.9 Å². The topological polar surface area (TPSA) is 138 Å². The number of rotatable bonds is 12. The fraction of sp³-hybridized carbons (Fsp3) is 0.237. The second kappa shape index (κ2) is 16.8. The number of hydrogen-bond donors (Lipinski definition) is 1. The summed E-state index contributed by atoms with van der Waals surface area (Å²) in [6.07, 6.45) is -6.14. The van der Waals surface area contributed by atoms with Crippen LogP contribution in [0, 0.1) is 5.82 Å². The maximum Gasteiger partial charge on any atom is 0.514 e. The van der Waals surface area contributed by atoms with Gasteiger partial charge in [-0.25, -0.2) is 9.18 Å². The molecule has 4 rings (SSSR count). The Morgan fingerprint density at radius 2 is 1.30 bits per heavy atom. The summed E-state index contributed by atoms with van der Waals surface area (Å²) < 4.78 is 75.5. The lowest BCUT2D eigenvalue weighted by molar-refractivity contribution is -0.167. The Labute approximate surface area is 301 Å². The average molecular weight is 739 g/mol. The van der Waals surface area contributed by atoms with Crippen LogP contribution < -0.4 is 10.1 Å². The first-order chi connectivity index (χ1) is 25.1. The molecule has 0 radical (unpaired) electrons. The first-order valence-corrected chi connectivity index (χ1v) is 16.0. The van der Waals surface area contributed by atoms with E-state index in [-0.39, 0.29) is 46.7 Å². The van der Waals surface area contributed by atoms with Gasteiger partial charge in [-0.2, -0.15) is 13.2 Å². The van der Waals surface area contributed by atoms with Crippen LogP contribution in [0.5, 0.6) is 5.75 Å². The fourth-order valence-electron chi connectivity index (χ4n) is 5.15. The van der Waals surface area contributed by atoms with Crippen molar-refractivity contribution in [1.29, 1.82) is 0 Å². The minimum Gasteiger partial charge on any atom is -0.465 e. The third-order valence-corrected chi connectivity index (χ3v) is 7.77. The Morgan fingerprint density at radius 1 is 0.717 bits per heavy atom. The predicted molar refractivity (Wildman–Crippen MR) is 183 cm³/mol. The van der Waals surface area contributed by atoms with E-state index in [9.17, 15) is 37.1 Å². The summed E-state index contributed by atoms with van der Waals surface area (Å²) >= 11 is 0. The van der Waals surface area contributed by atoms with E-state index in [4.69, 9.17) is 18.9 Å². The molecule has 0 atom stereocenters. The molecule has 278 valence electrons. The van der Waals surface area contributed by atoms with Gasteiger partial charge in [0.1, 0.15) is 6.61 Å². The number of benzene rings is 4. The highest BCUT2D eigenvalue weighted by Crippen LogP contribution is 2.34. The predicted octanol–water partition coefficient (Wildman–Crippen LogP) is 7.05. The van der Waals surface area contributed by atoms with Crippen molar-refractivity contribution in [3.05, 3.63) is 119 Å². The van der Waals surface area contributed by atoms with E-state index in [1.165, 1.54) is 82.5 Å². The van der Waals surface area contributed by atoms with Crippen LogP contribution in [0.15, 0.2) is 91.0 Å². The number of carbonyl (C=O) groups excluding carboxylic acids is 5. The van der Waals surface area contributed by atoms with Gasteiger partial charge in [0, 0.05) is 25.7 Å². The highest BCUT2D eigenvalue weighted by atomic mass is 19.4. The van der Waals surface area contributed by atoms with Gasteiger partial charge >= 0.3 is 24.3 Å². The molecule has 0 saturated heterocycles. The Bertz CT molecular complexity index is 1960. The van der Waals surface area contributed by atoms with Crippen LogP contribution in [-0.4, -0.2) is 68.7 Å². The zero-order valence-corrected chi connectivity index (χ0v) is 28.9. The van der Waals surface area contributed by atoms with E-state index >= 15 is 4.39 Å². The number of anilines is 1. The van der Waals surface area contributed by atoms with Crippen LogP contribution in [0.2, 0.25) is 0 Å². The van der Waals surface area contributed by atoms with Gasteiger partial charge in [-0.05, 0) is 54.8 Å². The molecule has 0 aliphatic carbocycles. The third-order valence-electron chi connectivity index (χ3n) is 7.77. The number of hydrogen-bond acceptors (Lipinski definition) is 9. The number of nitrogens with one attached hydrogen (secondary N) is 1. The molecule has 0 aliphatic rings. The number of halogens is 4. The largest absolute Gasteiger partial charge is 0.514 e. The minimum atomic E-state index is -4.57. The lowest BCUT2D eigenvalue weighted by atomic mass is 9.81. The van der Waals surface area contributed by atoms with Crippen LogP contribution in [0.1, 0.15) is 45.7 Å². The van der Waals surface area contributed by atoms with E-state index in [0.717, 1.165) is 29.2 Å². The summed E-state index contributed by atoms with van der Waals surface area (Å²) in [6.45, 7) is 1.79. The zero-order valence-electron chi connectivity index (χ0n) is 28.9. The van der Waals surface area contributed by atoms with Crippen molar-refractivity contribution in [2.75, 3.05) is 39.2 Å². The number of alkyl halides is 3. The Morgan fingerprint density at radius 3 is 1.87 bits per heavy atom. The van der Waals surface area contributed by atoms with Crippen molar-refractivity contribution in [2.24, 2.45) is 0 Å². The lowest BCUT2D eigenvalue weighted by Gasteiger charge is -2.28. The maximum absolute atomic E-state index is 15.5. The quantitative estimate of drug-likeness (QED) is 0.0533. The zero-order chi connectivity index (χ0) is 38.9. The molecule has 4 aromatic rings. The highest BCUT2D eigenvalue weighted by Gasteiger charge is 2.52. The van der Waals surface area contributed by atoms with E-state index in [1.807, 2.05) is 0 Å². The number of amides is 2. The number of esters is 2. The van der Waals surface area contributed by atoms with Crippen molar-refractivity contribution < 1.29 is 60.5 Å². The van der Waals surface area contributed by atoms with Gasteiger partial charge in [-0.3, -0.25) is 19.2 Å².